The van der Waals surface area contributed by atoms with E-state index in [2.05, 4.69) is 27.4 Å². The summed E-state index contributed by atoms with van der Waals surface area (Å²) in [6, 6.07) is 4.00. The molecule has 20 heavy (non-hydrogen) atoms. The molecule has 5 nitrogen and oxygen atoms in total. The van der Waals surface area contributed by atoms with Gasteiger partial charge in [-0.1, -0.05) is 23.7 Å². The number of aromatic nitrogens is 3. The first-order valence-corrected chi connectivity index (χ1v) is 7.32. The Hall–Kier alpha value is -1.46. The third kappa shape index (κ3) is 3.16. The maximum Gasteiger partial charge on any atom is 0.228 e. The molecule has 0 aromatic carbocycles. The lowest BCUT2D eigenvalue weighted by molar-refractivity contribution is 0.348. The molecule has 1 aliphatic rings. The summed E-state index contributed by atoms with van der Waals surface area (Å²) in [7, 11) is 0. The van der Waals surface area contributed by atoms with Crippen LogP contribution in [0.2, 0.25) is 5.02 Å². The van der Waals surface area contributed by atoms with Gasteiger partial charge in [-0.2, -0.15) is 4.98 Å². The van der Waals surface area contributed by atoms with Crippen molar-refractivity contribution in [2.75, 3.05) is 6.54 Å². The molecular weight excluding hydrogens is 276 g/mol. The maximum absolute atomic E-state index is 5.81. The highest BCUT2D eigenvalue weighted by Gasteiger charge is 2.31. The van der Waals surface area contributed by atoms with Crippen LogP contribution >= 0.6 is 11.6 Å². The zero-order valence-corrected chi connectivity index (χ0v) is 12.1. The minimum Gasteiger partial charge on any atom is -0.339 e. The molecule has 1 N–H and O–H groups in total. The predicted octanol–water partition coefficient (Wildman–Crippen LogP) is 2.72. The van der Waals surface area contributed by atoms with Crippen molar-refractivity contribution in [3.8, 4) is 11.5 Å². The lowest BCUT2D eigenvalue weighted by Gasteiger charge is -2.14. The van der Waals surface area contributed by atoms with Crippen LogP contribution in [0.25, 0.3) is 11.5 Å². The predicted molar refractivity (Wildman–Crippen MR) is 76.4 cm³/mol. The SMILES string of the molecule is CCNC(Cc1nc(-c2ccc(Cl)cn2)no1)C1CC1. The number of rotatable bonds is 6. The normalized spacial score (nSPS) is 16.3. The number of nitrogens with one attached hydrogen (secondary N) is 1. The van der Waals surface area contributed by atoms with Crippen LogP contribution in [-0.2, 0) is 6.42 Å². The first-order valence-electron chi connectivity index (χ1n) is 6.94. The van der Waals surface area contributed by atoms with E-state index in [0.717, 1.165) is 18.9 Å². The van der Waals surface area contributed by atoms with Crippen molar-refractivity contribution in [2.45, 2.75) is 32.2 Å². The smallest absolute Gasteiger partial charge is 0.228 e. The van der Waals surface area contributed by atoms with Crippen LogP contribution in [-0.4, -0.2) is 27.7 Å². The highest BCUT2D eigenvalue weighted by atomic mass is 35.5. The fourth-order valence-electron chi connectivity index (χ4n) is 2.30. The van der Waals surface area contributed by atoms with E-state index in [-0.39, 0.29) is 0 Å². The minimum absolute atomic E-state index is 0.437. The summed E-state index contributed by atoms with van der Waals surface area (Å²) in [4.78, 5) is 8.61. The zero-order chi connectivity index (χ0) is 13.9. The van der Waals surface area contributed by atoms with Gasteiger partial charge < -0.3 is 9.84 Å². The first-order chi connectivity index (χ1) is 9.76. The van der Waals surface area contributed by atoms with Gasteiger partial charge in [0.2, 0.25) is 11.7 Å². The minimum atomic E-state index is 0.437. The summed E-state index contributed by atoms with van der Waals surface area (Å²) in [5, 5.41) is 8.07. The van der Waals surface area contributed by atoms with E-state index >= 15 is 0 Å². The molecule has 0 bridgehead atoms. The number of pyridine rings is 1. The second-order valence-electron chi connectivity index (χ2n) is 5.08. The molecule has 2 heterocycles. The van der Waals surface area contributed by atoms with E-state index in [9.17, 15) is 0 Å². The summed E-state index contributed by atoms with van der Waals surface area (Å²) in [6.07, 6.45) is 4.94. The van der Waals surface area contributed by atoms with Gasteiger partial charge >= 0.3 is 0 Å². The highest BCUT2D eigenvalue weighted by Crippen LogP contribution is 2.34. The molecule has 2 aromatic rings. The van der Waals surface area contributed by atoms with Gasteiger partial charge in [0, 0.05) is 18.7 Å². The van der Waals surface area contributed by atoms with Gasteiger partial charge in [-0.15, -0.1) is 0 Å². The summed E-state index contributed by atoms with van der Waals surface area (Å²) in [6.45, 7) is 3.08. The molecule has 0 spiro atoms. The number of likely N-dealkylation sites (N-methyl/N-ethyl adjacent to an activating group) is 1. The molecule has 1 aliphatic carbocycles. The molecule has 0 saturated heterocycles. The first kappa shape index (κ1) is 13.5. The molecule has 0 radical (unpaired) electrons. The van der Waals surface area contributed by atoms with Gasteiger partial charge in [0.1, 0.15) is 5.69 Å². The average molecular weight is 293 g/mol. The van der Waals surface area contributed by atoms with Crippen LogP contribution < -0.4 is 5.32 Å². The molecule has 0 amide bonds. The monoisotopic (exact) mass is 292 g/mol. The van der Waals surface area contributed by atoms with Gasteiger partial charge in [-0.25, -0.2) is 0 Å². The topological polar surface area (TPSA) is 63.8 Å². The quantitative estimate of drug-likeness (QED) is 0.887. The van der Waals surface area contributed by atoms with Gasteiger partial charge in [-0.05, 0) is 37.4 Å². The average Bonchev–Trinajstić information content (AvgIpc) is 3.20. The number of hydrogen-bond donors (Lipinski definition) is 1. The van der Waals surface area contributed by atoms with Crippen molar-refractivity contribution >= 4 is 11.6 Å². The molecule has 106 valence electrons. The van der Waals surface area contributed by atoms with E-state index in [4.69, 9.17) is 16.1 Å². The number of nitrogens with zero attached hydrogens (tertiary/aromatic N) is 3. The molecule has 6 heteroatoms. The van der Waals surface area contributed by atoms with Crippen LogP contribution in [0.1, 0.15) is 25.7 Å². The van der Waals surface area contributed by atoms with Crippen molar-refractivity contribution in [1.29, 1.82) is 0 Å². The van der Waals surface area contributed by atoms with E-state index in [1.54, 1.807) is 18.3 Å². The van der Waals surface area contributed by atoms with Crippen molar-refractivity contribution in [3.63, 3.8) is 0 Å². The van der Waals surface area contributed by atoms with Gasteiger partial charge in [0.25, 0.3) is 0 Å². The van der Waals surface area contributed by atoms with Crippen molar-refractivity contribution in [1.82, 2.24) is 20.4 Å². The fraction of sp³-hybridized carbons (Fsp3) is 0.500. The molecule has 0 aliphatic heterocycles. The van der Waals surface area contributed by atoms with E-state index in [1.807, 2.05) is 0 Å². The van der Waals surface area contributed by atoms with Crippen molar-refractivity contribution < 1.29 is 4.52 Å². The Kier molecular flexibility index (Phi) is 3.98. The van der Waals surface area contributed by atoms with Gasteiger partial charge in [-0.3, -0.25) is 4.98 Å². The number of hydrogen-bond acceptors (Lipinski definition) is 5. The summed E-state index contributed by atoms with van der Waals surface area (Å²) in [5.74, 6) is 1.93. The largest absolute Gasteiger partial charge is 0.339 e. The lowest BCUT2D eigenvalue weighted by Crippen LogP contribution is -2.33. The second-order valence-corrected chi connectivity index (χ2v) is 5.52. The van der Waals surface area contributed by atoms with E-state index in [0.29, 0.717) is 28.5 Å². The van der Waals surface area contributed by atoms with Crippen LogP contribution in [0.15, 0.2) is 22.9 Å². The Morgan fingerprint density at radius 1 is 1.45 bits per heavy atom. The summed E-state index contributed by atoms with van der Waals surface area (Å²) in [5.41, 5.74) is 0.677. The molecule has 1 atom stereocenters. The lowest BCUT2D eigenvalue weighted by atomic mass is 10.1. The molecule has 1 saturated carbocycles. The maximum atomic E-state index is 5.81. The molecule has 1 unspecified atom stereocenters. The van der Waals surface area contributed by atoms with Crippen molar-refractivity contribution in [3.05, 3.63) is 29.2 Å². The van der Waals surface area contributed by atoms with Gasteiger partial charge in [0.15, 0.2) is 0 Å². The zero-order valence-electron chi connectivity index (χ0n) is 11.3. The van der Waals surface area contributed by atoms with Crippen LogP contribution in [0.3, 0.4) is 0 Å². The molecule has 2 aromatic heterocycles. The fourth-order valence-corrected chi connectivity index (χ4v) is 2.42. The van der Waals surface area contributed by atoms with Crippen molar-refractivity contribution in [2.24, 2.45) is 5.92 Å². The summed E-state index contributed by atoms with van der Waals surface area (Å²) >= 11 is 5.81. The van der Waals surface area contributed by atoms with Crippen LogP contribution in [0, 0.1) is 5.92 Å². The Balaban J connectivity index is 1.71. The standard InChI is InChI=1S/C14H17ClN4O/c1-2-16-12(9-3-4-9)7-13-18-14(19-20-13)11-6-5-10(15)8-17-11/h5-6,8-9,12,16H,2-4,7H2,1H3. The third-order valence-corrected chi connectivity index (χ3v) is 3.70. The van der Waals surface area contributed by atoms with E-state index in [1.165, 1.54) is 12.8 Å². The van der Waals surface area contributed by atoms with E-state index < -0.39 is 0 Å². The Morgan fingerprint density at radius 3 is 2.95 bits per heavy atom. The number of halogens is 1. The Labute approximate surface area is 122 Å². The Morgan fingerprint density at radius 2 is 2.30 bits per heavy atom. The van der Waals surface area contributed by atoms with Crippen LogP contribution in [0.5, 0.6) is 0 Å². The van der Waals surface area contributed by atoms with Gasteiger partial charge in [0.05, 0.1) is 5.02 Å². The highest BCUT2D eigenvalue weighted by molar-refractivity contribution is 6.30. The molecule has 3 rings (SSSR count). The molecular formula is C14H17ClN4O. The summed E-state index contributed by atoms with van der Waals surface area (Å²) < 4.78 is 5.33. The second kappa shape index (κ2) is 5.89. The third-order valence-electron chi connectivity index (χ3n) is 3.48. The Bertz CT molecular complexity index is 565. The van der Waals surface area contributed by atoms with Crippen LogP contribution in [0.4, 0.5) is 0 Å². The molecule has 1 fully saturated rings.